The molecule has 4 rings (SSSR count). The van der Waals surface area contributed by atoms with Crippen molar-refractivity contribution < 1.29 is 28.0 Å². The molecule has 1 aliphatic carbocycles. The van der Waals surface area contributed by atoms with E-state index in [9.17, 15) is 14.0 Å². The first-order chi connectivity index (χ1) is 14.9. The van der Waals surface area contributed by atoms with Crippen molar-refractivity contribution in [3.05, 3.63) is 77.1 Å². The second kappa shape index (κ2) is 8.35. The van der Waals surface area contributed by atoms with Gasteiger partial charge < -0.3 is 9.47 Å². The van der Waals surface area contributed by atoms with Crippen molar-refractivity contribution in [3.63, 3.8) is 0 Å². The van der Waals surface area contributed by atoms with Gasteiger partial charge in [-0.1, -0.05) is 35.9 Å². The monoisotopic (exact) mass is 441 g/mol. The van der Waals surface area contributed by atoms with Crippen molar-refractivity contribution in [2.45, 2.75) is 6.54 Å². The second-order valence-electron chi connectivity index (χ2n) is 6.96. The van der Waals surface area contributed by atoms with E-state index in [2.05, 4.69) is 0 Å². The quantitative estimate of drug-likeness (QED) is 0.647. The molecule has 0 saturated carbocycles. The van der Waals surface area contributed by atoms with Gasteiger partial charge in [-0.15, -0.1) is 4.90 Å². The molecular weight excluding hydrogens is 423 g/mol. The smallest absolute Gasteiger partial charge is 0.493 e. The number of hydrogen-bond donors (Lipinski definition) is 0. The van der Waals surface area contributed by atoms with Gasteiger partial charge in [0.25, 0.3) is 0 Å². The summed E-state index contributed by atoms with van der Waals surface area (Å²) in [5, 5.41) is 0.204. The van der Waals surface area contributed by atoms with E-state index < -0.39 is 17.8 Å². The first-order valence-corrected chi connectivity index (χ1v) is 9.85. The number of imide groups is 1. The Hall–Kier alpha value is -3.45. The number of fused-ring (bicyclic) bond motifs is 1. The van der Waals surface area contributed by atoms with Gasteiger partial charge in [-0.3, -0.25) is 0 Å². The lowest BCUT2D eigenvalue weighted by Crippen LogP contribution is -2.54. The summed E-state index contributed by atoms with van der Waals surface area (Å²) in [5.41, 5.74) is 1.45. The summed E-state index contributed by atoms with van der Waals surface area (Å²) in [7, 11) is 2.98. The molecule has 0 aromatic heterocycles. The van der Waals surface area contributed by atoms with E-state index in [1.165, 1.54) is 37.0 Å². The molecule has 0 N–H and O–H groups in total. The maximum atomic E-state index is 13.5. The van der Waals surface area contributed by atoms with E-state index in [1.54, 1.807) is 42.5 Å². The number of hydrogen-bond acceptors (Lipinski definition) is 4. The van der Waals surface area contributed by atoms with Crippen LogP contribution in [-0.2, 0) is 11.3 Å². The topological polar surface area (TPSA) is 58.8 Å². The van der Waals surface area contributed by atoms with Crippen LogP contribution in [0.15, 0.2) is 60.7 Å². The van der Waals surface area contributed by atoms with Gasteiger partial charge in [0.2, 0.25) is 0 Å². The summed E-state index contributed by atoms with van der Waals surface area (Å²) in [6, 6.07) is 8.29. The number of rotatable bonds is 5. The molecule has 0 saturated heterocycles. The zero-order chi connectivity index (χ0) is 22.1. The molecule has 3 amide bonds. The highest BCUT2D eigenvalue weighted by molar-refractivity contribution is 6.31. The van der Waals surface area contributed by atoms with E-state index in [4.69, 9.17) is 21.1 Å². The number of methoxy groups -OCH3 is 2. The number of amides is 3. The summed E-state index contributed by atoms with van der Waals surface area (Å²) in [6.07, 6.45) is 6.98. The third-order valence-electron chi connectivity index (χ3n) is 5.19. The fraction of sp³-hybridized carbons (Fsp3) is 0.174. The Morgan fingerprint density at radius 1 is 1.06 bits per heavy atom. The van der Waals surface area contributed by atoms with Gasteiger partial charge in [0.1, 0.15) is 29.7 Å². The number of nitrogens with zero attached hydrogens (tertiary/aromatic N) is 2. The standard InChI is InChI=1S/C23H19ClFN2O4/c1-30-20-10-9-16(12-21(20)31-2)27-22(28)17-5-3-4-6-19(17)26(23(27)29)13-14-7-8-15(25)11-18(14)24/h3-12,17H,13H2,1-2H3/q+1. The Morgan fingerprint density at radius 2 is 1.84 bits per heavy atom. The largest absolute Gasteiger partial charge is 0.506 e. The molecule has 6 nitrogen and oxygen atoms in total. The maximum Gasteiger partial charge on any atom is 0.506 e. The zero-order valence-electron chi connectivity index (χ0n) is 16.8. The number of carbonyl (C=O) groups is 2. The SMILES string of the molecule is COc1ccc(N2C(=O)C3C=CC=CC3=[N+](Cc3ccc(F)cc3Cl)C2=O)cc1OC. The molecule has 158 valence electrons. The number of urea groups is 1. The van der Waals surface area contributed by atoms with E-state index in [0.29, 0.717) is 28.5 Å². The number of anilines is 1. The fourth-order valence-corrected chi connectivity index (χ4v) is 3.87. The Bertz CT molecular complexity index is 1170. The van der Waals surface area contributed by atoms with Crippen LogP contribution in [0.1, 0.15) is 5.56 Å². The molecule has 8 heteroatoms. The zero-order valence-corrected chi connectivity index (χ0v) is 17.6. The first-order valence-electron chi connectivity index (χ1n) is 9.47. The van der Waals surface area contributed by atoms with Crippen molar-refractivity contribution in [3.8, 4) is 11.5 Å². The van der Waals surface area contributed by atoms with Crippen molar-refractivity contribution in [1.82, 2.24) is 0 Å². The van der Waals surface area contributed by atoms with Gasteiger partial charge >= 0.3 is 11.9 Å². The Morgan fingerprint density at radius 3 is 2.55 bits per heavy atom. The van der Waals surface area contributed by atoms with Crippen molar-refractivity contribution >= 4 is 34.9 Å². The third kappa shape index (κ3) is 3.72. The minimum atomic E-state index is -0.643. The number of halogens is 2. The molecule has 2 aromatic rings. The van der Waals surface area contributed by atoms with Gasteiger partial charge in [0, 0.05) is 11.6 Å². The summed E-state index contributed by atoms with van der Waals surface area (Å²) in [4.78, 5) is 27.9. The van der Waals surface area contributed by atoms with Crippen LogP contribution >= 0.6 is 11.6 Å². The number of allylic oxidation sites excluding steroid dienone is 3. The van der Waals surface area contributed by atoms with Crippen molar-refractivity contribution in [2.75, 3.05) is 19.1 Å². The third-order valence-corrected chi connectivity index (χ3v) is 5.54. The van der Waals surface area contributed by atoms with Gasteiger partial charge in [-0.25, -0.2) is 9.18 Å². The number of ether oxygens (including phenoxy) is 2. The minimum absolute atomic E-state index is 0.0824. The van der Waals surface area contributed by atoms with Gasteiger partial charge in [0.15, 0.2) is 11.5 Å². The van der Waals surface area contributed by atoms with E-state index >= 15 is 0 Å². The minimum Gasteiger partial charge on any atom is -0.493 e. The molecule has 1 heterocycles. The van der Waals surface area contributed by atoms with Gasteiger partial charge in [0.05, 0.1) is 19.2 Å². The Balaban J connectivity index is 1.81. The highest BCUT2D eigenvalue weighted by atomic mass is 35.5. The summed E-state index contributed by atoms with van der Waals surface area (Å²) < 4.78 is 25.5. The predicted octanol–water partition coefficient (Wildman–Crippen LogP) is 4.36. The normalized spacial score (nSPS) is 17.8. The van der Waals surface area contributed by atoms with Crippen LogP contribution in [0.5, 0.6) is 11.5 Å². The molecule has 2 aliphatic rings. The van der Waals surface area contributed by atoms with Crippen LogP contribution in [0.4, 0.5) is 14.9 Å². The highest BCUT2D eigenvalue weighted by Crippen LogP contribution is 2.34. The molecule has 0 bridgehead atoms. The van der Waals surface area contributed by atoms with Crippen LogP contribution in [0.3, 0.4) is 0 Å². The molecule has 1 atom stereocenters. The molecule has 2 aromatic carbocycles. The van der Waals surface area contributed by atoms with Gasteiger partial charge in [-0.2, -0.15) is 9.37 Å². The first kappa shape index (κ1) is 20.8. The van der Waals surface area contributed by atoms with Crippen LogP contribution < -0.4 is 14.4 Å². The molecular formula is C23H19ClFN2O4+. The van der Waals surface area contributed by atoms with Crippen molar-refractivity contribution in [1.29, 1.82) is 0 Å². The molecule has 1 aliphatic heterocycles. The van der Waals surface area contributed by atoms with Crippen molar-refractivity contribution in [2.24, 2.45) is 5.92 Å². The van der Waals surface area contributed by atoms with Crippen LogP contribution in [0, 0.1) is 11.7 Å². The second-order valence-corrected chi connectivity index (χ2v) is 7.37. The molecule has 0 fully saturated rings. The predicted molar refractivity (Wildman–Crippen MR) is 115 cm³/mol. The Kier molecular flexibility index (Phi) is 5.61. The molecule has 31 heavy (non-hydrogen) atoms. The number of carbonyl (C=O) groups excluding carboxylic acids is 2. The highest BCUT2D eigenvalue weighted by Gasteiger charge is 2.48. The van der Waals surface area contributed by atoms with Crippen LogP contribution in [0.25, 0.3) is 0 Å². The lowest BCUT2D eigenvalue weighted by molar-refractivity contribution is -0.445. The summed E-state index contributed by atoms with van der Waals surface area (Å²) in [5.74, 6) is -0.621. The van der Waals surface area contributed by atoms with E-state index in [0.717, 1.165) is 4.90 Å². The lowest BCUT2D eigenvalue weighted by atomic mass is 9.94. The number of benzene rings is 2. The molecule has 0 spiro atoms. The lowest BCUT2D eigenvalue weighted by Gasteiger charge is -2.27. The fourth-order valence-electron chi connectivity index (χ4n) is 3.64. The Labute approximate surface area is 183 Å². The van der Waals surface area contributed by atoms with E-state index in [-0.39, 0.29) is 17.5 Å². The maximum absolute atomic E-state index is 13.5. The molecule has 1 unspecified atom stereocenters. The van der Waals surface area contributed by atoms with Crippen LogP contribution in [-0.4, -0.2) is 36.4 Å². The average Bonchev–Trinajstić information content (AvgIpc) is 2.78. The summed E-state index contributed by atoms with van der Waals surface area (Å²) >= 11 is 6.20. The van der Waals surface area contributed by atoms with Crippen LogP contribution in [0.2, 0.25) is 5.02 Å². The average molecular weight is 442 g/mol. The molecule has 0 radical (unpaired) electrons. The summed E-state index contributed by atoms with van der Waals surface area (Å²) in [6.45, 7) is 0.0824. The van der Waals surface area contributed by atoms with E-state index in [1.807, 2.05) is 0 Å². The van der Waals surface area contributed by atoms with Gasteiger partial charge in [-0.05, 0) is 30.3 Å².